The second-order valence-electron chi connectivity index (χ2n) is 5.01. The van der Waals surface area contributed by atoms with Crippen LogP contribution in [-0.4, -0.2) is 11.9 Å². The van der Waals surface area contributed by atoms with Crippen LogP contribution in [0.3, 0.4) is 0 Å². The van der Waals surface area contributed by atoms with Crippen LogP contribution >= 0.6 is 12.4 Å². The van der Waals surface area contributed by atoms with Crippen molar-refractivity contribution in [3.63, 3.8) is 0 Å². The molecule has 0 fully saturated rings. The summed E-state index contributed by atoms with van der Waals surface area (Å²) in [5.74, 6) is -1.63. The molecular weight excluding hydrogens is 294 g/mol. The highest BCUT2D eigenvalue weighted by Gasteiger charge is 2.14. The van der Waals surface area contributed by atoms with Gasteiger partial charge in [0.05, 0.1) is 0 Å². The van der Waals surface area contributed by atoms with E-state index >= 15 is 0 Å². The Hall–Kier alpha value is -1.65. The van der Waals surface area contributed by atoms with Gasteiger partial charge in [-0.05, 0) is 49.4 Å². The molecule has 1 atom stereocenters. The molecule has 2 aromatic rings. The summed E-state index contributed by atoms with van der Waals surface area (Å²) in [7, 11) is 1.94. The first kappa shape index (κ1) is 17.4. The third kappa shape index (κ3) is 4.41. The molecule has 1 unspecified atom stereocenters. The quantitative estimate of drug-likeness (QED) is 0.859. The van der Waals surface area contributed by atoms with Crippen molar-refractivity contribution in [2.45, 2.75) is 19.5 Å². The Morgan fingerprint density at radius 1 is 1.10 bits per heavy atom. The van der Waals surface area contributed by atoms with E-state index in [1.807, 2.05) is 38.2 Å². The van der Waals surface area contributed by atoms with Gasteiger partial charge in [-0.25, -0.2) is 8.78 Å². The third-order valence-corrected chi connectivity index (χ3v) is 3.47. The standard InChI is InChI=1S/C16H18F2N2.ClH/c1-11(13-6-7-15(17)16(18)9-13)20(2)10-12-4-3-5-14(19)8-12;/h3-9,11H,10,19H2,1-2H3;1H. The van der Waals surface area contributed by atoms with Crippen molar-refractivity contribution in [1.29, 1.82) is 0 Å². The van der Waals surface area contributed by atoms with Crippen LogP contribution < -0.4 is 5.73 Å². The van der Waals surface area contributed by atoms with Gasteiger partial charge in [0.2, 0.25) is 0 Å². The predicted molar refractivity (Wildman–Crippen MR) is 84.3 cm³/mol. The summed E-state index contributed by atoms with van der Waals surface area (Å²) < 4.78 is 26.2. The van der Waals surface area contributed by atoms with Gasteiger partial charge >= 0.3 is 0 Å². The largest absolute Gasteiger partial charge is 0.399 e. The maximum absolute atomic E-state index is 13.3. The predicted octanol–water partition coefficient (Wildman–Crippen LogP) is 4.16. The average Bonchev–Trinajstić information content (AvgIpc) is 2.41. The van der Waals surface area contributed by atoms with E-state index < -0.39 is 11.6 Å². The van der Waals surface area contributed by atoms with E-state index in [1.165, 1.54) is 6.07 Å². The minimum atomic E-state index is -0.820. The van der Waals surface area contributed by atoms with E-state index in [0.717, 1.165) is 22.9 Å². The lowest BCUT2D eigenvalue weighted by atomic mass is 10.1. The molecule has 0 spiro atoms. The summed E-state index contributed by atoms with van der Waals surface area (Å²) >= 11 is 0. The highest BCUT2D eigenvalue weighted by molar-refractivity contribution is 5.85. The number of anilines is 1. The van der Waals surface area contributed by atoms with Crippen LogP contribution in [0.5, 0.6) is 0 Å². The lowest BCUT2D eigenvalue weighted by Crippen LogP contribution is -2.22. The summed E-state index contributed by atoms with van der Waals surface area (Å²) in [6.07, 6.45) is 0. The molecule has 0 aliphatic heterocycles. The third-order valence-electron chi connectivity index (χ3n) is 3.47. The fraction of sp³-hybridized carbons (Fsp3) is 0.250. The Labute approximate surface area is 130 Å². The zero-order chi connectivity index (χ0) is 14.7. The number of nitrogens with two attached hydrogens (primary N) is 1. The van der Waals surface area contributed by atoms with E-state index in [0.29, 0.717) is 6.54 Å². The summed E-state index contributed by atoms with van der Waals surface area (Å²) in [5.41, 5.74) is 8.30. The number of nitrogens with zero attached hydrogens (tertiary/aromatic N) is 1. The second-order valence-corrected chi connectivity index (χ2v) is 5.01. The van der Waals surface area contributed by atoms with Gasteiger partial charge in [0, 0.05) is 18.3 Å². The first-order valence-corrected chi connectivity index (χ1v) is 6.47. The second kappa shape index (κ2) is 7.38. The molecule has 0 saturated carbocycles. The van der Waals surface area contributed by atoms with Gasteiger partial charge in [0.1, 0.15) is 0 Å². The number of benzene rings is 2. The lowest BCUT2D eigenvalue weighted by molar-refractivity contribution is 0.252. The SMILES string of the molecule is CC(c1ccc(F)c(F)c1)N(C)Cc1cccc(N)c1.Cl. The number of halogens is 3. The van der Waals surface area contributed by atoms with Gasteiger partial charge in [-0.2, -0.15) is 0 Å². The first-order valence-electron chi connectivity index (χ1n) is 6.47. The maximum atomic E-state index is 13.3. The Morgan fingerprint density at radius 2 is 1.81 bits per heavy atom. The highest BCUT2D eigenvalue weighted by Crippen LogP contribution is 2.22. The summed E-state index contributed by atoms with van der Waals surface area (Å²) in [6, 6.07) is 11.6. The van der Waals surface area contributed by atoms with Crippen LogP contribution in [-0.2, 0) is 6.54 Å². The maximum Gasteiger partial charge on any atom is 0.159 e. The van der Waals surface area contributed by atoms with Gasteiger partial charge in [-0.15, -0.1) is 12.4 Å². The number of rotatable bonds is 4. The molecule has 2 nitrogen and oxygen atoms in total. The fourth-order valence-corrected chi connectivity index (χ4v) is 2.14. The molecule has 0 amide bonds. The molecule has 21 heavy (non-hydrogen) atoms. The molecule has 0 aromatic heterocycles. The van der Waals surface area contributed by atoms with E-state index in [-0.39, 0.29) is 18.4 Å². The van der Waals surface area contributed by atoms with Gasteiger partial charge in [0.15, 0.2) is 11.6 Å². The first-order chi connectivity index (χ1) is 9.47. The molecule has 2 rings (SSSR count). The van der Waals surface area contributed by atoms with Crippen molar-refractivity contribution in [2.75, 3.05) is 12.8 Å². The molecule has 0 aliphatic rings. The molecule has 0 bridgehead atoms. The summed E-state index contributed by atoms with van der Waals surface area (Å²) in [6.45, 7) is 2.64. The number of hydrogen-bond acceptors (Lipinski definition) is 2. The van der Waals surface area contributed by atoms with Crippen LogP contribution in [0.4, 0.5) is 14.5 Å². The minimum Gasteiger partial charge on any atom is -0.399 e. The van der Waals surface area contributed by atoms with Crippen molar-refractivity contribution in [3.05, 3.63) is 65.2 Å². The van der Waals surface area contributed by atoms with E-state index in [4.69, 9.17) is 5.73 Å². The van der Waals surface area contributed by atoms with E-state index in [2.05, 4.69) is 4.90 Å². The van der Waals surface area contributed by atoms with E-state index in [9.17, 15) is 8.78 Å². The summed E-state index contributed by atoms with van der Waals surface area (Å²) in [4.78, 5) is 2.06. The van der Waals surface area contributed by atoms with Crippen LogP contribution in [0.25, 0.3) is 0 Å². The van der Waals surface area contributed by atoms with Crippen LogP contribution in [0.1, 0.15) is 24.1 Å². The summed E-state index contributed by atoms with van der Waals surface area (Å²) in [5, 5.41) is 0. The van der Waals surface area contributed by atoms with Gasteiger partial charge in [-0.1, -0.05) is 18.2 Å². The van der Waals surface area contributed by atoms with Gasteiger partial charge in [0.25, 0.3) is 0 Å². The Kier molecular flexibility index (Phi) is 6.12. The van der Waals surface area contributed by atoms with E-state index in [1.54, 1.807) is 6.07 Å². The van der Waals surface area contributed by atoms with Crippen LogP contribution in [0.2, 0.25) is 0 Å². The number of nitrogen functional groups attached to an aromatic ring is 1. The topological polar surface area (TPSA) is 29.3 Å². The Balaban J connectivity index is 0.00000220. The molecule has 0 saturated heterocycles. The monoisotopic (exact) mass is 312 g/mol. The molecule has 2 N–H and O–H groups in total. The minimum absolute atomic E-state index is 0. The number of hydrogen-bond donors (Lipinski definition) is 1. The van der Waals surface area contributed by atoms with Gasteiger partial charge in [-0.3, -0.25) is 4.90 Å². The zero-order valence-corrected chi connectivity index (χ0v) is 12.8. The average molecular weight is 313 g/mol. The van der Waals surface area contributed by atoms with Gasteiger partial charge < -0.3 is 5.73 Å². The molecule has 0 heterocycles. The van der Waals surface area contributed by atoms with Crippen LogP contribution in [0.15, 0.2) is 42.5 Å². The molecule has 0 radical (unpaired) electrons. The normalized spacial score (nSPS) is 12.0. The highest BCUT2D eigenvalue weighted by atomic mass is 35.5. The van der Waals surface area contributed by atoms with Crippen molar-refractivity contribution in [3.8, 4) is 0 Å². The Morgan fingerprint density at radius 3 is 2.43 bits per heavy atom. The molecule has 114 valence electrons. The molecular formula is C16H19ClF2N2. The van der Waals surface area contributed by atoms with Crippen molar-refractivity contribution in [1.82, 2.24) is 4.90 Å². The van der Waals surface area contributed by atoms with Crippen molar-refractivity contribution >= 4 is 18.1 Å². The lowest BCUT2D eigenvalue weighted by Gasteiger charge is -2.25. The Bertz CT molecular complexity index is 605. The van der Waals surface area contributed by atoms with Crippen molar-refractivity contribution < 1.29 is 8.78 Å². The smallest absolute Gasteiger partial charge is 0.159 e. The fourth-order valence-electron chi connectivity index (χ4n) is 2.14. The van der Waals surface area contributed by atoms with Crippen molar-refractivity contribution in [2.24, 2.45) is 0 Å². The molecule has 2 aromatic carbocycles. The van der Waals surface area contributed by atoms with Crippen LogP contribution in [0, 0.1) is 11.6 Å². The zero-order valence-electron chi connectivity index (χ0n) is 12.0. The molecule has 5 heteroatoms. The molecule has 0 aliphatic carbocycles.